The molecule has 1 aromatic carbocycles. The Morgan fingerprint density at radius 1 is 0.938 bits per heavy atom. The average molecular weight is 443 g/mol. The van der Waals surface area contributed by atoms with Gasteiger partial charge in [-0.05, 0) is 105 Å². The molecule has 4 nitrogen and oxygen atoms in total. The van der Waals surface area contributed by atoms with E-state index in [2.05, 4.69) is 26.0 Å². The van der Waals surface area contributed by atoms with E-state index in [9.17, 15) is 5.11 Å². The molecule has 0 radical (unpaired) electrons. The van der Waals surface area contributed by atoms with Gasteiger partial charge in [0.15, 0.2) is 0 Å². The predicted octanol–water partition coefficient (Wildman–Crippen LogP) is 5.30. The van der Waals surface area contributed by atoms with Crippen molar-refractivity contribution in [3.8, 4) is 5.75 Å². The number of aliphatic hydroxyl groups excluding tert-OH is 1. The van der Waals surface area contributed by atoms with Gasteiger partial charge >= 0.3 is 0 Å². The summed E-state index contributed by atoms with van der Waals surface area (Å²) < 4.78 is 11.3. The molecule has 0 amide bonds. The van der Waals surface area contributed by atoms with E-state index in [1.165, 1.54) is 25.7 Å². The predicted molar refractivity (Wildman–Crippen MR) is 125 cm³/mol. The molecule has 0 saturated heterocycles. The van der Waals surface area contributed by atoms with E-state index in [4.69, 9.17) is 14.6 Å². The van der Waals surface area contributed by atoms with Crippen molar-refractivity contribution in [3.05, 3.63) is 29.8 Å². The third-order valence-corrected chi connectivity index (χ3v) is 10.8. The largest absolute Gasteiger partial charge is 0.497 e. The van der Waals surface area contributed by atoms with Gasteiger partial charge in [0.1, 0.15) is 5.75 Å². The van der Waals surface area contributed by atoms with E-state index in [-0.39, 0.29) is 12.0 Å². The van der Waals surface area contributed by atoms with Crippen LogP contribution in [-0.2, 0) is 10.3 Å². The molecule has 0 spiro atoms. The second-order valence-corrected chi connectivity index (χ2v) is 11.7. The van der Waals surface area contributed by atoms with Crippen LogP contribution in [0.2, 0.25) is 0 Å². The first-order valence-corrected chi connectivity index (χ1v) is 12.9. The van der Waals surface area contributed by atoms with Gasteiger partial charge in [-0.2, -0.15) is 0 Å². The van der Waals surface area contributed by atoms with Crippen LogP contribution >= 0.6 is 0 Å². The smallest absolute Gasteiger partial charge is 0.118 e. The molecule has 0 aliphatic heterocycles. The Morgan fingerprint density at radius 2 is 1.69 bits per heavy atom. The molecule has 4 aliphatic rings. The summed E-state index contributed by atoms with van der Waals surface area (Å²) in [6.07, 6.45) is 10.9. The van der Waals surface area contributed by atoms with Crippen LogP contribution in [0.5, 0.6) is 5.75 Å². The maximum Gasteiger partial charge on any atom is 0.118 e. The molecular weight excluding hydrogens is 400 g/mol. The van der Waals surface area contributed by atoms with Gasteiger partial charge in [0, 0.05) is 5.41 Å². The average Bonchev–Trinajstić information content (AvgIpc) is 3.09. The van der Waals surface area contributed by atoms with Crippen molar-refractivity contribution in [2.45, 2.75) is 83.3 Å². The molecule has 4 aliphatic carbocycles. The Bertz CT molecular complexity index is 808. The molecular formula is C28H42O4. The summed E-state index contributed by atoms with van der Waals surface area (Å²) in [5.74, 6) is 3.71. The Morgan fingerprint density at radius 3 is 2.41 bits per heavy atom. The second-order valence-electron chi connectivity index (χ2n) is 11.7. The fourth-order valence-corrected chi connectivity index (χ4v) is 8.95. The van der Waals surface area contributed by atoms with Gasteiger partial charge in [0.2, 0.25) is 0 Å². The molecule has 0 bridgehead atoms. The number of hydrogen-bond donors (Lipinski definition) is 2. The number of benzene rings is 1. The highest BCUT2D eigenvalue weighted by atomic mass is 16.5. The molecule has 178 valence electrons. The van der Waals surface area contributed by atoms with E-state index >= 15 is 0 Å². The molecule has 4 saturated carbocycles. The van der Waals surface area contributed by atoms with Crippen LogP contribution in [0.3, 0.4) is 0 Å². The van der Waals surface area contributed by atoms with Gasteiger partial charge in [-0.15, -0.1) is 0 Å². The minimum atomic E-state index is -0.734. The van der Waals surface area contributed by atoms with Crippen molar-refractivity contribution in [1.29, 1.82) is 0 Å². The third-order valence-electron chi connectivity index (χ3n) is 10.8. The fourth-order valence-electron chi connectivity index (χ4n) is 8.95. The number of rotatable bonds is 5. The lowest BCUT2D eigenvalue weighted by molar-refractivity contribution is -0.165. The SMILES string of the molecule is COc1ccc([C@]2(O)CC[C@H]3[C@@H]4CC[C@@H]5C[C@@H](OCCO)CC[C@]5(C)[C@H]4CC[C@@]32C)cc1. The van der Waals surface area contributed by atoms with Crippen LogP contribution in [0.4, 0.5) is 0 Å². The lowest BCUT2D eigenvalue weighted by Crippen LogP contribution is -2.56. The molecule has 0 unspecified atom stereocenters. The van der Waals surface area contributed by atoms with Crippen LogP contribution in [0.25, 0.3) is 0 Å². The lowest BCUT2D eigenvalue weighted by Gasteiger charge is -2.61. The summed E-state index contributed by atoms with van der Waals surface area (Å²) in [7, 11) is 1.70. The standard InChI is InChI=1S/C28H42O4/c1-26-13-10-22(32-17-16-29)18-20(26)6-9-23-24(26)11-14-27(2)25(23)12-15-28(27,30)19-4-7-21(31-3)8-5-19/h4-5,7-8,20,22-25,29-30H,6,9-18H2,1-3H3/t20-,22+,23-,24+,25+,26+,27+,28-/m1/s1. The zero-order valence-corrected chi connectivity index (χ0v) is 20.2. The van der Waals surface area contributed by atoms with Crippen molar-refractivity contribution < 1.29 is 19.7 Å². The molecule has 32 heavy (non-hydrogen) atoms. The highest BCUT2D eigenvalue weighted by molar-refractivity contribution is 5.34. The maximum atomic E-state index is 12.1. The van der Waals surface area contributed by atoms with E-state index in [1.807, 2.05) is 12.1 Å². The summed E-state index contributed by atoms with van der Waals surface area (Å²) in [4.78, 5) is 0. The van der Waals surface area contributed by atoms with Gasteiger partial charge < -0.3 is 19.7 Å². The van der Waals surface area contributed by atoms with Gasteiger partial charge in [0.25, 0.3) is 0 Å². The number of fused-ring (bicyclic) bond motifs is 5. The summed E-state index contributed by atoms with van der Waals surface area (Å²) in [5, 5.41) is 21.3. The van der Waals surface area contributed by atoms with E-state index in [0.29, 0.717) is 24.0 Å². The highest BCUT2D eigenvalue weighted by Gasteiger charge is 2.65. The van der Waals surface area contributed by atoms with Crippen LogP contribution < -0.4 is 4.74 Å². The Kier molecular flexibility index (Phi) is 5.87. The van der Waals surface area contributed by atoms with E-state index in [0.717, 1.165) is 61.2 Å². The Balaban J connectivity index is 1.37. The van der Waals surface area contributed by atoms with Gasteiger partial charge in [-0.25, -0.2) is 0 Å². The van der Waals surface area contributed by atoms with Crippen molar-refractivity contribution in [1.82, 2.24) is 0 Å². The molecule has 8 atom stereocenters. The zero-order chi connectivity index (χ0) is 22.6. The molecule has 4 heteroatoms. The second kappa shape index (κ2) is 8.29. The maximum absolute atomic E-state index is 12.1. The fraction of sp³-hybridized carbons (Fsp3) is 0.786. The van der Waals surface area contributed by atoms with Crippen molar-refractivity contribution in [2.75, 3.05) is 20.3 Å². The number of ether oxygens (including phenoxy) is 2. The number of aliphatic hydroxyl groups is 2. The summed E-state index contributed by atoms with van der Waals surface area (Å²) in [5.41, 5.74) is 0.697. The lowest BCUT2D eigenvalue weighted by atomic mass is 9.44. The first-order chi connectivity index (χ1) is 15.4. The minimum Gasteiger partial charge on any atom is -0.497 e. The van der Waals surface area contributed by atoms with E-state index < -0.39 is 5.60 Å². The van der Waals surface area contributed by atoms with Crippen LogP contribution in [-0.4, -0.2) is 36.6 Å². The highest BCUT2D eigenvalue weighted by Crippen LogP contribution is 2.70. The number of hydrogen-bond acceptors (Lipinski definition) is 4. The summed E-state index contributed by atoms with van der Waals surface area (Å²) in [6.45, 7) is 5.56. The number of methoxy groups -OCH3 is 1. The Labute approximate surface area is 193 Å². The summed E-state index contributed by atoms with van der Waals surface area (Å²) >= 11 is 0. The third kappa shape index (κ3) is 3.27. The molecule has 2 N–H and O–H groups in total. The van der Waals surface area contributed by atoms with Crippen molar-refractivity contribution >= 4 is 0 Å². The van der Waals surface area contributed by atoms with Gasteiger partial charge in [0.05, 0.1) is 32.0 Å². The van der Waals surface area contributed by atoms with Crippen LogP contribution in [0, 0.1) is 34.5 Å². The Hall–Kier alpha value is -1.10. The minimum absolute atomic E-state index is 0.0482. The molecule has 0 aromatic heterocycles. The van der Waals surface area contributed by atoms with Gasteiger partial charge in [-0.1, -0.05) is 26.0 Å². The first-order valence-electron chi connectivity index (χ1n) is 12.9. The molecule has 1 aromatic rings. The monoisotopic (exact) mass is 442 g/mol. The van der Waals surface area contributed by atoms with E-state index in [1.54, 1.807) is 7.11 Å². The first kappa shape index (κ1) is 22.7. The van der Waals surface area contributed by atoms with Crippen molar-refractivity contribution in [2.24, 2.45) is 34.5 Å². The zero-order valence-electron chi connectivity index (χ0n) is 20.2. The van der Waals surface area contributed by atoms with Crippen LogP contribution in [0.15, 0.2) is 24.3 Å². The van der Waals surface area contributed by atoms with Crippen molar-refractivity contribution in [3.63, 3.8) is 0 Å². The quantitative estimate of drug-likeness (QED) is 0.649. The molecule has 5 rings (SSSR count). The van der Waals surface area contributed by atoms with Crippen LogP contribution in [0.1, 0.15) is 77.2 Å². The topological polar surface area (TPSA) is 58.9 Å². The molecule has 0 heterocycles. The molecule has 4 fully saturated rings. The van der Waals surface area contributed by atoms with Gasteiger partial charge in [-0.3, -0.25) is 0 Å². The normalized spacial score (nSPS) is 45.6. The summed E-state index contributed by atoms with van der Waals surface area (Å²) in [6, 6.07) is 8.17.